The maximum absolute atomic E-state index is 10.7. The molecular weight excluding hydrogens is 236 g/mol. The Morgan fingerprint density at radius 1 is 1.62 bits per heavy atom. The van der Waals surface area contributed by atoms with E-state index in [9.17, 15) is 10.1 Å². The summed E-state index contributed by atoms with van der Waals surface area (Å²) in [7, 11) is 0. The number of alkyl halides is 1. The number of benzene rings is 1. The fourth-order valence-electron chi connectivity index (χ4n) is 1.08. The van der Waals surface area contributed by atoms with Crippen LogP contribution in [0.1, 0.15) is 11.1 Å². The molecule has 0 heterocycles. The Hall–Kier alpha value is -1.10. The van der Waals surface area contributed by atoms with Gasteiger partial charge in [0.25, 0.3) is 5.69 Å². The van der Waals surface area contributed by atoms with Crippen molar-refractivity contribution >= 4 is 27.3 Å². The van der Waals surface area contributed by atoms with Crippen LogP contribution in [0.15, 0.2) is 12.1 Å². The number of halogens is 1. The molecule has 0 radical (unpaired) electrons. The molecule has 0 amide bonds. The summed E-state index contributed by atoms with van der Waals surface area (Å²) >= 11 is 3.18. The van der Waals surface area contributed by atoms with Gasteiger partial charge in [-0.1, -0.05) is 28.1 Å². The van der Waals surface area contributed by atoms with Crippen molar-refractivity contribution in [1.29, 1.82) is 0 Å². The van der Waals surface area contributed by atoms with E-state index in [-0.39, 0.29) is 11.4 Å². The molecule has 0 bridgehead atoms. The van der Waals surface area contributed by atoms with Crippen LogP contribution in [0.4, 0.5) is 11.4 Å². The number of hydrogen-bond donors (Lipinski definition) is 1. The van der Waals surface area contributed by atoms with Crippen molar-refractivity contribution < 1.29 is 4.92 Å². The van der Waals surface area contributed by atoms with Gasteiger partial charge in [-0.15, -0.1) is 0 Å². The first-order valence-corrected chi connectivity index (χ1v) is 4.78. The van der Waals surface area contributed by atoms with E-state index < -0.39 is 4.92 Å². The Labute approximate surface area is 84.0 Å². The lowest BCUT2D eigenvalue weighted by Gasteiger charge is -2.04. The zero-order valence-corrected chi connectivity index (χ0v) is 8.67. The molecule has 5 heteroatoms. The predicted octanol–water partition coefficient (Wildman–Crippen LogP) is 2.38. The number of anilines is 1. The average Bonchev–Trinajstić information content (AvgIpc) is 2.08. The standard InChI is InChI=1S/C8H9BrN2O2/c1-5-2-3-6(4-9)8(7(5)10)11(12)13/h2-3H,4,10H2,1H3. The Kier molecular flexibility index (Phi) is 2.87. The lowest BCUT2D eigenvalue weighted by molar-refractivity contribution is -0.384. The molecule has 0 saturated carbocycles. The Bertz CT molecular complexity index is 352. The highest BCUT2D eigenvalue weighted by molar-refractivity contribution is 9.08. The molecule has 0 fully saturated rings. The van der Waals surface area contributed by atoms with Crippen LogP contribution in [0, 0.1) is 17.0 Å². The predicted molar refractivity (Wildman–Crippen MR) is 54.9 cm³/mol. The van der Waals surface area contributed by atoms with Crippen molar-refractivity contribution in [2.75, 3.05) is 5.73 Å². The average molecular weight is 245 g/mol. The van der Waals surface area contributed by atoms with Crippen LogP contribution in [0.2, 0.25) is 0 Å². The summed E-state index contributed by atoms with van der Waals surface area (Å²) in [4.78, 5) is 10.2. The van der Waals surface area contributed by atoms with Gasteiger partial charge in [-0.05, 0) is 12.5 Å². The van der Waals surface area contributed by atoms with E-state index >= 15 is 0 Å². The third-order valence-corrected chi connectivity index (χ3v) is 2.45. The van der Waals surface area contributed by atoms with Crippen LogP contribution in [0.3, 0.4) is 0 Å². The minimum absolute atomic E-state index is 0.0110. The first-order valence-electron chi connectivity index (χ1n) is 3.66. The Morgan fingerprint density at radius 3 is 2.69 bits per heavy atom. The number of nitrogens with zero attached hydrogens (tertiary/aromatic N) is 1. The quantitative estimate of drug-likeness (QED) is 0.376. The van der Waals surface area contributed by atoms with E-state index in [2.05, 4.69) is 15.9 Å². The molecule has 0 saturated heterocycles. The normalized spacial score (nSPS) is 10.0. The van der Waals surface area contributed by atoms with Gasteiger partial charge in [0.1, 0.15) is 5.69 Å². The number of rotatable bonds is 2. The van der Waals surface area contributed by atoms with Crippen LogP contribution in [-0.4, -0.2) is 4.92 Å². The fraction of sp³-hybridized carbons (Fsp3) is 0.250. The van der Waals surface area contributed by atoms with E-state index in [1.165, 1.54) is 0 Å². The number of nitro benzene ring substituents is 1. The van der Waals surface area contributed by atoms with Crippen LogP contribution < -0.4 is 5.73 Å². The van der Waals surface area contributed by atoms with E-state index in [1.54, 1.807) is 19.1 Å². The third-order valence-electron chi connectivity index (χ3n) is 1.85. The molecule has 1 aromatic rings. The second-order valence-electron chi connectivity index (χ2n) is 2.69. The molecular formula is C8H9BrN2O2. The van der Waals surface area contributed by atoms with E-state index in [0.717, 1.165) is 5.56 Å². The summed E-state index contributed by atoms with van der Waals surface area (Å²) in [5.74, 6) is 0. The highest BCUT2D eigenvalue weighted by atomic mass is 79.9. The number of hydrogen-bond acceptors (Lipinski definition) is 3. The molecule has 0 aliphatic rings. The molecule has 0 aliphatic heterocycles. The fourth-order valence-corrected chi connectivity index (χ4v) is 1.53. The lowest BCUT2D eigenvalue weighted by atomic mass is 10.1. The maximum Gasteiger partial charge on any atom is 0.296 e. The molecule has 0 atom stereocenters. The largest absolute Gasteiger partial charge is 0.393 e. The van der Waals surface area contributed by atoms with Crippen molar-refractivity contribution in [2.45, 2.75) is 12.3 Å². The monoisotopic (exact) mass is 244 g/mol. The molecule has 70 valence electrons. The van der Waals surface area contributed by atoms with Gasteiger partial charge in [0, 0.05) is 10.9 Å². The molecule has 2 N–H and O–H groups in total. The summed E-state index contributed by atoms with van der Waals surface area (Å²) < 4.78 is 0. The van der Waals surface area contributed by atoms with Crippen LogP contribution in [0.5, 0.6) is 0 Å². The summed E-state index contributed by atoms with van der Waals surface area (Å²) in [5.41, 5.74) is 7.20. The first kappa shape index (κ1) is 9.98. The maximum atomic E-state index is 10.7. The van der Waals surface area contributed by atoms with Crippen LogP contribution in [0.25, 0.3) is 0 Å². The van der Waals surface area contributed by atoms with Gasteiger partial charge in [0.05, 0.1) is 4.92 Å². The highest BCUT2D eigenvalue weighted by Crippen LogP contribution is 2.30. The zero-order valence-electron chi connectivity index (χ0n) is 7.08. The van der Waals surface area contributed by atoms with Crippen molar-refractivity contribution in [1.82, 2.24) is 0 Å². The summed E-state index contributed by atoms with van der Waals surface area (Å²) in [6.07, 6.45) is 0. The van der Waals surface area contributed by atoms with Crippen molar-refractivity contribution in [3.05, 3.63) is 33.4 Å². The summed E-state index contributed by atoms with van der Waals surface area (Å²) in [5, 5.41) is 11.1. The van der Waals surface area contributed by atoms with Crippen molar-refractivity contribution in [3.63, 3.8) is 0 Å². The van der Waals surface area contributed by atoms with Gasteiger partial charge >= 0.3 is 0 Å². The first-order chi connectivity index (χ1) is 6.07. The molecule has 0 aliphatic carbocycles. The number of aryl methyl sites for hydroxylation is 1. The smallest absolute Gasteiger partial charge is 0.296 e. The second kappa shape index (κ2) is 3.74. The third kappa shape index (κ3) is 1.80. The second-order valence-corrected chi connectivity index (χ2v) is 3.26. The van der Waals surface area contributed by atoms with Gasteiger partial charge in [0.2, 0.25) is 0 Å². The van der Waals surface area contributed by atoms with Crippen LogP contribution >= 0.6 is 15.9 Å². The highest BCUT2D eigenvalue weighted by Gasteiger charge is 2.18. The van der Waals surface area contributed by atoms with Gasteiger partial charge in [-0.3, -0.25) is 10.1 Å². The number of nitrogen functional groups attached to an aromatic ring is 1. The minimum Gasteiger partial charge on any atom is -0.393 e. The SMILES string of the molecule is Cc1ccc(CBr)c([N+](=O)[O-])c1N. The van der Waals surface area contributed by atoms with E-state index in [1.807, 2.05) is 0 Å². The Balaban J connectivity index is 3.41. The molecule has 4 nitrogen and oxygen atoms in total. The van der Waals surface area contributed by atoms with E-state index in [0.29, 0.717) is 10.9 Å². The number of nitro groups is 1. The Morgan fingerprint density at radius 2 is 2.23 bits per heavy atom. The van der Waals surface area contributed by atoms with Crippen LogP contribution in [-0.2, 0) is 5.33 Å². The molecule has 13 heavy (non-hydrogen) atoms. The molecule has 0 unspecified atom stereocenters. The molecule has 1 aromatic carbocycles. The summed E-state index contributed by atoms with van der Waals surface area (Å²) in [6.45, 7) is 1.75. The number of nitrogens with two attached hydrogens (primary N) is 1. The zero-order chi connectivity index (χ0) is 10.0. The van der Waals surface area contributed by atoms with Crippen molar-refractivity contribution in [2.24, 2.45) is 0 Å². The van der Waals surface area contributed by atoms with E-state index in [4.69, 9.17) is 5.73 Å². The molecule has 1 rings (SSSR count). The molecule has 0 spiro atoms. The van der Waals surface area contributed by atoms with Crippen molar-refractivity contribution in [3.8, 4) is 0 Å². The van der Waals surface area contributed by atoms with Gasteiger partial charge in [-0.25, -0.2) is 0 Å². The summed E-state index contributed by atoms with van der Waals surface area (Å²) in [6, 6.07) is 3.48. The topological polar surface area (TPSA) is 69.2 Å². The minimum atomic E-state index is -0.446. The lowest BCUT2D eigenvalue weighted by Crippen LogP contribution is -2.01. The molecule has 0 aromatic heterocycles. The van der Waals surface area contributed by atoms with Gasteiger partial charge in [-0.2, -0.15) is 0 Å². The van der Waals surface area contributed by atoms with Gasteiger partial charge < -0.3 is 5.73 Å². The van der Waals surface area contributed by atoms with Gasteiger partial charge in [0.15, 0.2) is 0 Å².